The molecule has 0 aromatic carbocycles. The van der Waals surface area contributed by atoms with E-state index in [9.17, 15) is 13.2 Å². The Bertz CT molecular complexity index is 276. The van der Waals surface area contributed by atoms with E-state index in [1.807, 2.05) is 0 Å². The molecule has 1 aliphatic carbocycles. The Balaban J connectivity index is 2.74. The standard InChI is InChI=1S/C10H12F3N/c1-7(6-14)8-3-2-4-9(5-8)10(11,12)13/h2-4,6-8,14H,5H2,1H3. The summed E-state index contributed by atoms with van der Waals surface area (Å²) in [6.07, 6.45) is 1.20. The summed E-state index contributed by atoms with van der Waals surface area (Å²) in [4.78, 5) is 0. The van der Waals surface area contributed by atoms with Crippen LogP contribution in [0, 0.1) is 17.2 Å². The van der Waals surface area contributed by atoms with Crippen molar-refractivity contribution in [2.75, 3.05) is 0 Å². The summed E-state index contributed by atoms with van der Waals surface area (Å²) in [7, 11) is 0. The molecule has 0 bridgehead atoms. The van der Waals surface area contributed by atoms with E-state index in [0.717, 1.165) is 6.08 Å². The summed E-state index contributed by atoms with van der Waals surface area (Å²) >= 11 is 0. The smallest absolute Gasteiger partial charge is 0.313 e. The van der Waals surface area contributed by atoms with E-state index in [-0.39, 0.29) is 18.3 Å². The molecule has 0 saturated heterocycles. The zero-order valence-corrected chi connectivity index (χ0v) is 7.81. The van der Waals surface area contributed by atoms with Crippen LogP contribution in [0.1, 0.15) is 13.3 Å². The van der Waals surface area contributed by atoms with Gasteiger partial charge in [0.2, 0.25) is 0 Å². The summed E-state index contributed by atoms with van der Waals surface area (Å²) in [5.41, 5.74) is -0.501. The van der Waals surface area contributed by atoms with Crippen molar-refractivity contribution in [1.82, 2.24) is 0 Å². The summed E-state index contributed by atoms with van der Waals surface area (Å²) < 4.78 is 37.0. The predicted octanol–water partition coefficient (Wildman–Crippen LogP) is 3.34. The van der Waals surface area contributed by atoms with Crippen molar-refractivity contribution in [2.24, 2.45) is 11.8 Å². The highest BCUT2D eigenvalue weighted by Crippen LogP contribution is 2.35. The van der Waals surface area contributed by atoms with Gasteiger partial charge in [0, 0.05) is 5.57 Å². The van der Waals surface area contributed by atoms with Crippen molar-refractivity contribution in [3.8, 4) is 0 Å². The Labute approximate surface area is 80.8 Å². The van der Waals surface area contributed by atoms with Gasteiger partial charge in [-0.05, 0) is 24.5 Å². The van der Waals surface area contributed by atoms with Crippen molar-refractivity contribution in [3.05, 3.63) is 23.8 Å². The van der Waals surface area contributed by atoms with E-state index in [1.165, 1.54) is 12.3 Å². The van der Waals surface area contributed by atoms with Crippen LogP contribution in [0.2, 0.25) is 0 Å². The van der Waals surface area contributed by atoms with Crippen LogP contribution < -0.4 is 0 Å². The molecule has 1 nitrogen and oxygen atoms in total. The molecular weight excluding hydrogens is 191 g/mol. The minimum absolute atomic E-state index is 0.0173. The first-order chi connectivity index (χ1) is 6.45. The topological polar surface area (TPSA) is 23.9 Å². The molecular formula is C10H12F3N. The highest BCUT2D eigenvalue weighted by Gasteiger charge is 2.35. The fourth-order valence-electron chi connectivity index (χ4n) is 1.40. The molecule has 1 aliphatic rings. The van der Waals surface area contributed by atoms with E-state index in [1.54, 1.807) is 13.0 Å². The first kappa shape index (κ1) is 11.0. The molecule has 0 saturated carbocycles. The highest BCUT2D eigenvalue weighted by molar-refractivity contribution is 5.57. The van der Waals surface area contributed by atoms with E-state index >= 15 is 0 Å². The average Bonchev–Trinajstić information content (AvgIpc) is 2.15. The maximum atomic E-state index is 12.3. The molecule has 4 heteroatoms. The third kappa shape index (κ3) is 2.47. The van der Waals surface area contributed by atoms with Gasteiger partial charge < -0.3 is 5.41 Å². The van der Waals surface area contributed by atoms with Crippen LogP contribution in [0.25, 0.3) is 0 Å². The van der Waals surface area contributed by atoms with Gasteiger partial charge in [0.1, 0.15) is 0 Å². The van der Waals surface area contributed by atoms with Gasteiger partial charge in [0.25, 0.3) is 0 Å². The summed E-state index contributed by atoms with van der Waals surface area (Å²) in [6, 6.07) is 0. The van der Waals surface area contributed by atoms with Gasteiger partial charge in [-0.1, -0.05) is 25.2 Å². The average molecular weight is 203 g/mol. The third-order valence-electron chi connectivity index (χ3n) is 2.41. The Morgan fingerprint density at radius 2 is 2.21 bits per heavy atom. The number of alkyl halides is 3. The first-order valence-electron chi connectivity index (χ1n) is 4.40. The molecule has 0 fully saturated rings. The molecule has 1 N–H and O–H groups in total. The summed E-state index contributed by atoms with van der Waals surface area (Å²) in [5.74, 6) is -0.341. The summed E-state index contributed by atoms with van der Waals surface area (Å²) in [6.45, 7) is 1.75. The third-order valence-corrected chi connectivity index (χ3v) is 2.41. The lowest BCUT2D eigenvalue weighted by molar-refractivity contribution is -0.0953. The van der Waals surface area contributed by atoms with Crippen LogP contribution in [-0.4, -0.2) is 12.4 Å². The largest absolute Gasteiger partial charge is 0.412 e. The number of hydrogen-bond donors (Lipinski definition) is 1. The van der Waals surface area contributed by atoms with Crippen molar-refractivity contribution < 1.29 is 13.2 Å². The molecule has 0 spiro atoms. The van der Waals surface area contributed by atoms with Gasteiger partial charge in [-0.25, -0.2) is 0 Å². The second-order valence-electron chi connectivity index (χ2n) is 3.47. The van der Waals surface area contributed by atoms with Gasteiger partial charge in [0.15, 0.2) is 0 Å². The van der Waals surface area contributed by atoms with Crippen molar-refractivity contribution in [3.63, 3.8) is 0 Å². The van der Waals surface area contributed by atoms with Gasteiger partial charge in [0.05, 0.1) is 0 Å². The second kappa shape index (κ2) is 3.98. The fraction of sp³-hybridized carbons (Fsp3) is 0.500. The number of hydrogen-bond acceptors (Lipinski definition) is 1. The minimum Gasteiger partial charge on any atom is -0.313 e. The van der Waals surface area contributed by atoms with Gasteiger partial charge in [-0.15, -0.1) is 0 Å². The minimum atomic E-state index is -4.23. The van der Waals surface area contributed by atoms with Crippen molar-refractivity contribution in [2.45, 2.75) is 19.5 Å². The Kier molecular flexibility index (Phi) is 3.13. The zero-order chi connectivity index (χ0) is 10.8. The monoisotopic (exact) mass is 203 g/mol. The maximum absolute atomic E-state index is 12.3. The first-order valence-corrected chi connectivity index (χ1v) is 4.40. The lowest BCUT2D eigenvalue weighted by atomic mass is 9.85. The molecule has 0 aliphatic heterocycles. The Hall–Kier alpha value is -1.06. The molecule has 0 aromatic heterocycles. The fourth-order valence-corrected chi connectivity index (χ4v) is 1.40. The van der Waals surface area contributed by atoms with Crippen LogP contribution in [0.5, 0.6) is 0 Å². The molecule has 14 heavy (non-hydrogen) atoms. The number of halogens is 3. The predicted molar refractivity (Wildman–Crippen MR) is 49.3 cm³/mol. The second-order valence-corrected chi connectivity index (χ2v) is 3.47. The van der Waals surface area contributed by atoms with Crippen molar-refractivity contribution in [1.29, 1.82) is 5.41 Å². The molecule has 2 unspecified atom stereocenters. The van der Waals surface area contributed by atoms with Crippen molar-refractivity contribution >= 4 is 6.21 Å². The number of rotatable bonds is 2. The highest BCUT2D eigenvalue weighted by atomic mass is 19.4. The normalized spacial score (nSPS) is 24.3. The zero-order valence-electron chi connectivity index (χ0n) is 7.81. The lowest BCUT2D eigenvalue weighted by Crippen LogP contribution is -2.20. The lowest BCUT2D eigenvalue weighted by Gasteiger charge is -2.22. The molecule has 0 radical (unpaired) electrons. The van der Waals surface area contributed by atoms with Crippen LogP contribution in [0.3, 0.4) is 0 Å². The number of allylic oxidation sites excluding steroid dienone is 4. The molecule has 2 atom stereocenters. The van der Waals surface area contributed by atoms with Gasteiger partial charge in [-0.3, -0.25) is 0 Å². The van der Waals surface area contributed by atoms with Crippen LogP contribution >= 0.6 is 0 Å². The van der Waals surface area contributed by atoms with E-state index in [0.29, 0.717) is 0 Å². The van der Waals surface area contributed by atoms with Crippen LogP contribution in [0.4, 0.5) is 13.2 Å². The summed E-state index contributed by atoms with van der Waals surface area (Å²) in [5, 5.41) is 7.01. The Morgan fingerprint density at radius 3 is 2.71 bits per heavy atom. The molecule has 0 aromatic rings. The van der Waals surface area contributed by atoms with Gasteiger partial charge in [-0.2, -0.15) is 13.2 Å². The van der Waals surface area contributed by atoms with E-state index < -0.39 is 11.7 Å². The van der Waals surface area contributed by atoms with E-state index in [2.05, 4.69) is 0 Å². The molecule has 78 valence electrons. The quantitative estimate of drug-likeness (QED) is 0.665. The van der Waals surface area contributed by atoms with Gasteiger partial charge >= 0.3 is 6.18 Å². The molecule has 0 heterocycles. The molecule has 1 rings (SSSR count). The van der Waals surface area contributed by atoms with Crippen LogP contribution in [0.15, 0.2) is 23.8 Å². The maximum Gasteiger partial charge on any atom is 0.412 e. The number of nitrogens with one attached hydrogen (secondary N) is 1. The van der Waals surface area contributed by atoms with Crippen LogP contribution in [-0.2, 0) is 0 Å². The Morgan fingerprint density at radius 1 is 1.57 bits per heavy atom. The molecule has 0 amide bonds. The SMILES string of the molecule is CC(C=N)C1C=CC=C(C(F)(F)F)C1. The van der Waals surface area contributed by atoms with E-state index in [4.69, 9.17) is 5.41 Å².